The molecule has 2 heterocycles. The largest absolute Gasteiger partial charge is 0.382 e. The van der Waals surface area contributed by atoms with Gasteiger partial charge in [0.2, 0.25) is 0 Å². The van der Waals surface area contributed by atoms with Crippen molar-refractivity contribution >= 4 is 0 Å². The summed E-state index contributed by atoms with van der Waals surface area (Å²) in [6.07, 6.45) is 4.86. The molecule has 1 N–H and O–H groups in total. The van der Waals surface area contributed by atoms with Crippen molar-refractivity contribution in [3.63, 3.8) is 0 Å². The number of nitrogens with one attached hydrogen (secondary N) is 1. The minimum atomic E-state index is 0.0414. The van der Waals surface area contributed by atoms with E-state index in [0.29, 0.717) is 0 Å². The predicted octanol–water partition coefficient (Wildman–Crippen LogP) is 1.18. The fourth-order valence-corrected chi connectivity index (χ4v) is 2.53. The molecule has 14 heavy (non-hydrogen) atoms. The Labute approximate surface area is 86.2 Å². The highest BCUT2D eigenvalue weighted by atomic mass is 16.5. The predicted molar refractivity (Wildman–Crippen MR) is 55.4 cm³/mol. The van der Waals surface area contributed by atoms with Gasteiger partial charge in [-0.1, -0.05) is 0 Å². The van der Waals surface area contributed by atoms with Gasteiger partial charge in [0.25, 0.3) is 0 Å². The van der Waals surface area contributed by atoms with Gasteiger partial charge < -0.3 is 14.8 Å². The standard InChI is InChI=1S/C11H21NO2/c1-13-9-11(4-2-3-5-14-11)6-10-7-12-8-10/h10,12H,2-9H2,1H3. The number of methoxy groups -OCH3 is 1. The van der Waals surface area contributed by atoms with E-state index in [1.165, 1.54) is 25.7 Å². The summed E-state index contributed by atoms with van der Waals surface area (Å²) in [6, 6.07) is 0. The Bertz CT molecular complexity index is 169. The molecule has 2 aliphatic rings. The summed E-state index contributed by atoms with van der Waals surface area (Å²) in [6.45, 7) is 4.01. The van der Waals surface area contributed by atoms with Gasteiger partial charge in [-0.15, -0.1) is 0 Å². The van der Waals surface area contributed by atoms with Crippen molar-refractivity contribution in [2.45, 2.75) is 31.3 Å². The first-order valence-corrected chi connectivity index (χ1v) is 5.68. The van der Waals surface area contributed by atoms with Crippen molar-refractivity contribution in [1.82, 2.24) is 5.32 Å². The van der Waals surface area contributed by atoms with Gasteiger partial charge in [-0.2, -0.15) is 0 Å². The second-order valence-corrected chi connectivity index (χ2v) is 4.65. The van der Waals surface area contributed by atoms with Crippen LogP contribution in [0.3, 0.4) is 0 Å². The van der Waals surface area contributed by atoms with Crippen molar-refractivity contribution in [1.29, 1.82) is 0 Å². The molecule has 0 aromatic rings. The van der Waals surface area contributed by atoms with E-state index in [4.69, 9.17) is 9.47 Å². The van der Waals surface area contributed by atoms with Crippen LogP contribution in [0.2, 0.25) is 0 Å². The van der Waals surface area contributed by atoms with Gasteiger partial charge in [0.05, 0.1) is 12.2 Å². The van der Waals surface area contributed by atoms with Crippen LogP contribution in [0.25, 0.3) is 0 Å². The summed E-state index contributed by atoms with van der Waals surface area (Å²) in [5, 5.41) is 3.31. The average molecular weight is 199 g/mol. The minimum Gasteiger partial charge on any atom is -0.382 e. The first-order valence-electron chi connectivity index (χ1n) is 5.68. The van der Waals surface area contributed by atoms with E-state index < -0.39 is 0 Å². The molecule has 0 aromatic heterocycles. The zero-order chi connectivity index (χ0) is 9.86. The molecule has 0 bridgehead atoms. The summed E-state index contributed by atoms with van der Waals surface area (Å²) in [4.78, 5) is 0. The fraction of sp³-hybridized carbons (Fsp3) is 1.00. The smallest absolute Gasteiger partial charge is 0.0918 e. The highest BCUT2D eigenvalue weighted by Crippen LogP contribution is 2.32. The Morgan fingerprint density at radius 1 is 1.43 bits per heavy atom. The molecule has 0 saturated carbocycles. The van der Waals surface area contributed by atoms with E-state index in [2.05, 4.69) is 5.32 Å². The highest BCUT2D eigenvalue weighted by molar-refractivity contribution is 4.90. The Morgan fingerprint density at radius 3 is 2.79 bits per heavy atom. The quantitative estimate of drug-likeness (QED) is 0.737. The van der Waals surface area contributed by atoms with Crippen LogP contribution < -0.4 is 5.32 Å². The third-order valence-corrected chi connectivity index (χ3v) is 3.37. The van der Waals surface area contributed by atoms with E-state index >= 15 is 0 Å². The lowest BCUT2D eigenvalue weighted by atomic mass is 9.83. The van der Waals surface area contributed by atoms with Crippen LogP contribution in [-0.4, -0.2) is 39.0 Å². The Hall–Kier alpha value is -0.120. The maximum Gasteiger partial charge on any atom is 0.0918 e. The van der Waals surface area contributed by atoms with Gasteiger partial charge in [0, 0.05) is 13.7 Å². The van der Waals surface area contributed by atoms with Crippen LogP contribution in [0, 0.1) is 5.92 Å². The van der Waals surface area contributed by atoms with Crippen molar-refractivity contribution in [3.05, 3.63) is 0 Å². The lowest BCUT2D eigenvalue weighted by molar-refractivity contribution is -0.129. The third-order valence-electron chi connectivity index (χ3n) is 3.37. The molecule has 0 aliphatic carbocycles. The molecular weight excluding hydrogens is 178 g/mol. The Kier molecular flexibility index (Phi) is 3.42. The number of rotatable bonds is 4. The van der Waals surface area contributed by atoms with Crippen LogP contribution in [0.4, 0.5) is 0 Å². The Morgan fingerprint density at radius 2 is 2.29 bits per heavy atom. The van der Waals surface area contributed by atoms with Crippen molar-refractivity contribution < 1.29 is 9.47 Å². The third kappa shape index (κ3) is 2.27. The topological polar surface area (TPSA) is 30.5 Å². The van der Waals surface area contributed by atoms with Gasteiger partial charge in [-0.05, 0) is 44.7 Å². The maximum atomic E-state index is 5.96. The number of hydrogen-bond donors (Lipinski definition) is 1. The summed E-state index contributed by atoms with van der Waals surface area (Å²) in [7, 11) is 1.78. The molecule has 0 radical (unpaired) electrons. The van der Waals surface area contributed by atoms with E-state index in [1.807, 2.05) is 0 Å². The van der Waals surface area contributed by atoms with Crippen LogP contribution in [0.5, 0.6) is 0 Å². The normalized spacial score (nSPS) is 34.1. The van der Waals surface area contributed by atoms with Crippen molar-refractivity contribution in [3.8, 4) is 0 Å². The summed E-state index contributed by atoms with van der Waals surface area (Å²) in [5.41, 5.74) is 0.0414. The van der Waals surface area contributed by atoms with Crippen LogP contribution >= 0.6 is 0 Å². The average Bonchev–Trinajstić information content (AvgIpc) is 2.14. The first kappa shape index (κ1) is 10.4. The fourth-order valence-electron chi connectivity index (χ4n) is 2.53. The van der Waals surface area contributed by atoms with E-state index in [1.54, 1.807) is 7.11 Å². The van der Waals surface area contributed by atoms with Gasteiger partial charge in [0.1, 0.15) is 0 Å². The molecule has 2 rings (SSSR count). The molecule has 0 aromatic carbocycles. The zero-order valence-electron chi connectivity index (χ0n) is 9.05. The minimum absolute atomic E-state index is 0.0414. The summed E-state index contributed by atoms with van der Waals surface area (Å²) < 4.78 is 11.3. The molecule has 0 spiro atoms. The molecule has 2 saturated heterocycles. The SMILES string of the molecule is COCC1(CC2CNC2)CCCCO1. The zero-order valence-corrected chi connectivity index (χ0v) is 9.05. The van der Waals surface area contributed by atoms with Gasteiger partial charge in [0.15, 0.2) is 0 Å². The molecule has 3 nitrogen and oxygen atoms in total. The highest BCUT2D eigenvalue weighted by Gasteiger charge is 2.37. The van der Waals surface area contributed by atoms with Gasteiger partial charge in [-0.25, -0.2) is 0 Å². The molecule has 2 aliphatic heterocycles. The molecule has 1 atom stereocenters. The monoisotopic (exact) mass is 199 g/mol. The van der Waals surface area contributed by atoms with E-state index in [0.717, 1.165) is 32.2 Å². The van der Waals surface area contributed by atoms with E-state index in [9.17, 15) is 0 Å². The second kappa shape index (κ2) is 4.60. The first-order chi connectivity index (χ1) is 6.85. The molecule has 0 amide bonds. The number of ether oxygens (including phenoxy) is 2. The maximum absolute atomic E-state index is 5.96. The molecule has 3 heteroatoms. The van der Waals surface area contributed by atoms with Crippen LogP contribution in [0.1, 0.15) is 25.7 Å². The summed E-state index contributed by atoms with van der Waals surface area (Å²) >= 11 is 0. The molecule has 1 unspecified atom stereocenters. The lowest BCUT2D eigenvalue weighted by Gasteiger charge is -2.41. The molecular formula is C11H21NO2. The van der Waals surface area contributed by atoms with Crippen molar-refractivity contribution in [2.24, 2.45) is 5.92 Å². The van der Waals surface area contributed by atoms with Crippen LogP contribution in [-0.2, 0) is 9.47 Å². The molecule has 82 valence electrons. The van der Waals surface area contributed by atoms with Gasteiger partial charge in [-0.3, -0.25) is 0 Å². The van der Waals surface area contributed by atoms with Crippen LogP contribution in [0.15, 0.2) is 0 Å². The van der Waals surface area contributed by atoms with E-state index in [-0.39, 0.29) is 5.60 Å². The van der Waals surface area contributed by atoms with Gasteiger partial charge >= 0.3 is 0 Å². The molecule has 2 fully saturated rings. The van der Waals surface area contributed by atoms with Crippen molar-refractivity contribution in [2.75, 3.05) is 33.4 Å². The number of hydrogen-bond acceptors (Lipinski definition) is 3. The lowest BCUT2D eigenvalue weighted by Crippen LogP contribution is -2.50. The Balaban J connectivity index is 1.89. The summed E-state index contributed by atoms with van der Waals surface area (Å²) in [5.74, 6) is 0.809. The second-order valence-electron chi connectivity index (χ2n) is 4.65.